The molecule has 0 saturated carbocycles. The van der Waals surface area contributed by atoms with Gasteiger partial charge in [-0.25, -0.2) is 0 Å². The third kappa shape index (κ3) is 5.47. The Hall–Kier alpha value is -0.0100. The molecular formula is C4H7F5N3O3P3S. The Morgan fingerprint density at radius 1 is 1.05 bits per heavy atom. The first-order valence-corrected chi connectivity index (χ1v) is 10.4. The largest absolute Gasteiger partial charge is 0.425 e. The number of rotatable bonds is 5. The van der Waals surface area contributed by atoms with Crippen molar-refractivity contribution in [2.24, 2.45) is 13.5 Å². The molecule has 0 amide bonds. The molecule has 0 aliphatic carbocycles. The first-order valence-electron chi connectivity index (χ1n) is 4.33. The lowest BCUT2D eigenvalue weighted by Crippen LogP contribution is -2.07. The first kappa shape index (κ1) is 17.0. The molecule has 15 heteroatoms. The smallest absolute Gasteiger partial charge is 0.199 e. The zero-order chi connectivity index (χ0) is 14.9. The van der Waals surface area contributed by atoms with Crippen LogP contribution in [0.5, 0.6) is 0 Å². The summed E-state index contributed by atoms with van der Waals surface area (Å²) in [5.74, 6) is -0.807. The van der Waals surface area contributed by atoms with Crippen molar-refractivity contribution in [1.29, 1.82) is 0 Å². The van der Waals surface area contributed by atoms with Crippen LogP contribution in [-0.4, -0.2) is 14.2 Å². The maximum absolute atomic E-state index is 13.7. The summed E-state index contributed by atoms with van der Waals surface area (Å²) in [6, 6.07) is 0. The minimum atomic E-state index is -5.97. The topological polar surface area (TPSA) is 80.5 Å². The molecule has 1 atom stereocenters. The highest BCUT2D eigenvalue weighted by Gasteiger charge is 2.42. The van der Waals surface area contributed by atoms with E-state index in [4.69, 9.17) is 0 Å². The number of allylic oxidation sites excluding steroid dienone is 1. The summed E-state index contributed by atoms with van der Waals surface area (Å²) in [5.41, 5.74) is 0. The Balaban J connectivity index is 3.21. The van der Waals surface area contributed by atoms with E-state index < -0.39 is 39.3 Å². The summed E-state index contributed by atoms with van der Waals surface area (Å²) in [6.07, 6.45) is 0.960. The standard InChI is InChI=1S/C4H7F5N3O3P3S/c1-2-3-4-19(13,14)15-18(9)11-16(5,6)10-17(7,8)12-18/h2H,1,3-4H2. The molecule has 0 aromatic carbocycles. The van der Waals surface area contributed by atoms with Gasteiger partial charge in [-0.1, -0.05) is 6.08 Å². The molecule has 1 heterocycles. The molecule has 0 bridgehead atoms. The molecule has 1 rings (SSSR count). The molecule has 0 aromatic rings. The molecule has 19 heavy (non-hydrogen) atoms. The zero-order valence-corrected chi connectivity index (χ0v) is 12.4. The van der Waals surface area contributed by atoms with Gasteiger partial charge in [0.25, 0.3) is 10.1 Å². The average Bonchev–Trinajstić information content (AvgIpc) is 2.06. The van der Waals surface area contributed by atoms with Crippen LogP contribution < -0.4 is 0 Å². The molecule has 0 fully saturated rings. The first-order chi connectivity index (χ1) is 8.39. The fourth-order valence-electron chi connectivity index (χ4n) is 0.888. The molecule has 6 nitrogen and oxygen atoms in total. The van der Waals surface area contributed by atoms with E-state index in [1.54, 1.807) is 4.52 Å². The number of halogens is 5. The van der Waals surface area contributed by atoms with E-state index in [2.05, 4.69) is 10.5 Å². The molecule has 112 valence electrons. The van der Waals surface area contributed by atoms with E-state index >= 15 is 0 Å². The van der Waals surface area contributed by atoms with E-state index in [1.807, 2.05) is 9.03 Å². The third-order valence-electron chi connectivity index (χ3n) is 1.43. The maximum atomic E-state index is 13.7. The molecule has 0 radical (unpaired) electrons. The van der Waals surface area contributed by atoms with Crippen molar-refractivity contribution in [2.45, 2.75) is 6.42 Å². The van der Waals surface area contributed by atoms with Crippen LogP contribution >= 0.6 is 23.4 Å². The van der Waals surface area contributed by atoms with Gasteiger partial charge < -0.3 is 0 Å². The van der Waals surface area contributed by atoms with Crippen LogP contribution in [0.1, 0.15) is 6.42 Å². The summed E-state index contributed by atoms with van der Waals surface area (Å²) in [4.78, 5) is 0. The van der Waals surface area contributed by atoms with E-state index in [9.17, 15) is 29.4 Å². The third-order valence-corrected chi connectivity index (χ3v) is 9.04. The van der Waals surface area contributed by atoms with Crippen molar-refractivity contribution in [2.75, 3.05) is 5.75 Å². The van der Waals surface area contributed by atoms with E-state index in [-0.39, 0.29) is 6.42 Å². The van der Waals surface area contributed by atoms with Crippen LogP contribution in [0.3, 0.4) is 0 Å². The second-order valence-corrected chi connectivity index (χ2v) is 10.1. The molecule has 0 aromatic heterocycles. The van der Waals surface area contributed by atoms with Crippen LogP contribution in [0.25, 0.3) is 0 Å². The van der Waals surface area contributed by atoms with Crippen molar-refractivity contribution >= 4 is 33.5 Å². The summed E-state index contributed by atoms with van der Waals surface area (Å²) >= 11 is 0. The van der Waals surface area contributed by atoms with Gasteiger partial charge in [-0.05, 0) is 6.42 Å². The quantitative estimate of drug-likeness (QED) is 0.361. The lowest BCUT2D eigenvalue weighted by atomic mass is 10.5. The van der Waals surface area contributed by atoms with E-state index in [0.29, 0.717) is 0 Å². The fourth-order valence-corrected chi connectivity index (χ4v) is 8.13. The predicted octanol–water partition coefficient (Wildman–Crippen LogP) is 5.61. The Morgan fingerprint density at radius 3 is 2.05 bits per heavy atom. The van der Waals surface area contributed by atoms with Crippen LogP contribution in [0.15, 0.2) is 26.2 Å². The second-order valence-electron chi connectivity index (χ2n) is 3.07. The van der Waals surface area contributed by atoms with Gasteiger partial charge in [-0.2, -0.15) is 16.6 Å². The SMILES string of the molecule is C=CCCS(=O)(=O)OP1(F)=NP(F)(F)=NP(F)(F)=N1. The Kier molecular flexibility index (Phi) is 4.85. The summed E-state index contributed by atoms with van der Waals surface area (Å²) in [5, 5.41) is 0. The monoisotopic (exact) mass is 365 g/mol. The summed E-state index contributed by atoms with van der Waals surface area (Å²) in [6.45, 7) is 3.18. The molecular weight excluding hydrogens is 358 g/mol. The number of hydrogen-bond donors (Lipinski definition) is 0. The van der Waals surface area contributed by atoms with Gasteiger partial charge in [0.2, 0.25) is 0 Å². The summed E-state index contributed by atoms with van der Waals surface area (Å²) < 4.78 is 96.7. The fraction of sp³-hybridized carbons (Fsp3) is 0.500. The van der Waals surface area contributed by atoms with Crippen molar-refractivity contribution in [3.8, 4) is 0 Å². The van der Waals surface area contributed by atoms with Crippen LogP contribution in [0.2, 0.25) is 0 Å². The Bertz CT molecular complexity index is 640. The van der Waals surface area contributed by atoms with Gasteiger partial charge in [0.05, 0.1) is 5.75 Å². The van der Waals surface area contributed by atoms with Crippen molar-refractivity contribution in [1.82, 2.24) is 0 Å². The molecule has 1 aliphatic heterocycles. The van der Waals surface area contributed by atoms with Gasteiger partial charge in [0.1, 0.15) is 0 Å². The highest BCUT2D eigenvalue weighted by molar-refractivity contribution is 7.92. The van der Waals surface area contributed by atoms with Crippen molar-refractivity contribution < 1.29 is 33.4 Å². The van der Waals surface area contributed by atoms with Gasteiger partial charge in [0.15, 0.2) is 0 Å². The lowest BCUT2D eigenvalue weighted by Gasteiger charge is -2.15. The minimum absolute atomic E-state index is 0.177. The van der Waals surface area contributed by atoms with Gasteiger partial charge in [-0.3, -0.25) is 0 Å². The number of nitrogens with zero attached hydrogens (tertiary/aromatic N) is 3. The minimum Gasteiger partial charge on any atom is -0.199 e. The molecule has 0 spiro atoms. The van der Waals surface area contributed by atoms with Crippen LogP contribution in [-0.2, 0) is 14.1 Å². The average molecular weight is 365 g/mol. The predicted molar refractivity (Wildman–Crippen MR) is 63.3 cm³/mol. The summed E-state index contributed by atoms with van der Waals surface area (Å²) in [7, 11) is -22.2. The van der Waals surface area contributed by atoms with Gasteiger partial charge >= 0.3 is 23.4 Å². The Morgan fingerprint density at radius 2 is 1.58 bits per heavy atom. The van der Waals surface area contributed by atoms with Crippen LogP contribution in [0, 0.1) is 0 Å². The molecule has 0 N–H and O–H groups in total. The maximum Gasteiger partial charge on any atom is 0.425 e. The van der Waals surface area contributed by atoms with Crippen molar-refractivity contribution in [3.63, 3.8) is 0 Å². The highest BCUT2D eigenvalue weighted by Crippen LogP contribution is 2.82. The van der Waals surface area contributed by atoms with Gasteiger partial charge in [0, 0.05) is 0 Å². The van der Waals surface area contributed by atoms with E-state index in [0.717, 1.165) is 6.08 Å². The molecule has 1 unspecified atom stereocenters. The van der Waals surface area contributed by atoms with Gasteiger partial charge in [-0.15, -0.1) is 36.9 Å². The number of hydrogen-bond acceptors (Lipinski definition) is 6. The van der Waals surface area contributed by atoms with E-state index in [1.165, 1.54) is 0 Å². The molecule has 1 aliphatic rings. The Labute approximate surface area is 106 Å². The van der Waals surface area contributed by atoms with Crippen molar-refractivity contribution in [3.05, 3.63) is 12.7 Å². The second kappa shape index (κ2) is 5.41. The van der Waals surface area contributed by atoms with Crippen LogP contribution in [0.4, 0.5) is 21.0 Å². The lowest BCUT2D eigenvalue weighted by molar-refractivity contribution is 0.487. The molecule has 0 saturated heterocycles. The zero-order valence-electron chi connectivity index (χ0n) is 8.90. The highest BCUT2D eigenvalue weighted by atomic mass is 32.2. The normalized spacial score (nSPS) is 28.7.